The van der Waals surface area contributed by atoms with Gasteiger partial charge in [-0.25, -0.2) is 4.79 Å². The van der Waals surface area contributed by atoms with Gasteiger partial charge in [-0.15, -0.1) is 0 Å². The Morgan fingerprint density at radius 1 is 1.06 bits per heavy atom. The second-order valence-corrected chi connectivity index (χ2v) is 12.0. The van der Waals surface area contributed by atoms with E-state index < -0.39 is 0 Å². The van der Waals surface area contributed by atoms with Crippen molar-refractivity contribution < 1.29 is 19.1 Å². The summed E-state index contributed by atoms with van der Waals surface area (Å²) >= 11 is 0. The van der Waals surface area contributed by atoms with E-state index in [9.17, 15) is 14.4 Å². The SMILES string of the molecule is CCNC(=O)N(CCCOCC)C(=O)[C@H]1CC[C@H]2[C@@H]3CC[C@H]4N(C)C(=O)CC[C@]4(C)[C@H]3CC[C@]12C. The number of nitrogens with one attached hydrogen (secondary N) is 1. The third-order valence-corrected chi connectivity index (χ3v) is 10.6. The number of fused-ring (bicyclic) bond motifs is 5. The molecule has 1 heterocycles. The lowest BCUT2D eigenvalue weighted by atomic mass is 9.47. The molecule has 1 aliphatic heterocycles. The van der Waals surface area contributed by atoms with Crippen molar-refractivity contribution in [1.29, 1.82) is 0 Å². The van der Waals surface area contributed by atoms with Gasteiger partial charge in [-0.1, -0.05) is 13.8 Å². The van der Waals surface area contributed by atoms with E-state index in [0.717, 1.165) is 44.9 Å². The molecule has 0 aromatic carbocycles. The number of carbonyl (C=O) groups excluding carboxylic acids is 3. The molecule has 0 spiro atoms. The number of hydrogen-bond donors (Lipinski definition) is 1. The third kappa shape index (κ3) is 4.51. The fourth-order valence-corrected chi connectivity index (χ4v) is 8.77. The maximum Gasteiger partial charge on any atom is 0.324 e. The molecule has 1 N–H and O–H groups in total. The van der Waals surface area contributed by atoms with Gasteiger partial charge < -0.3 is 15.0 Å². The molecule has 7 heteroatoms. The minimum absolute atomic E-state index is 0.0128. The molecule has 35 heavy (non-hydrogen) atoms. The van der Waals surface area contributed by atoms with Crippen LogP contribution in [0.2, 0.25) is 0 Å². The van der Waals surface area contributed by atoms with Gasteiger partial charge in [0.2, 0.25) is 11.8 Å². The number of nitrogens with zero attached hydrogens (tertiary/aromatic N) is 2. The molecule has 4 amide bonds. The number of ether oxygens (including phenoxy) is 1. The second kappa shape index (κ2) is 10.4. The minimum Gasteiger partial charge on any atom is -0.382 e. The first-order valence-corrected chi connectivity index (χ1v) is 14.1. The fourth-order valence-electron chi connectivity index (χ4n) is 8.77. The van der Waals surface area contributed by atoms with Crippen molar-refractivity contribution in [3.63, 3.8) is 0 Å². The number of piperidine rings is 1. The summed E-state index contributed by atoms with van der Waals surface area (Å²) in [5.41, 5.74) is 0.129. The van der Waals surface area contributed by atoms with E-state index in [1.54, 1.807) is 0 Å². The number of amides is 4. The Balaban J connectivity index is 1.51. The van der Waals surface area contributed by atoms with Crippen LogP contribution in [-0.4, -0.2) is 67.0 Å². The molecule has 0 unspecified atom stereocenters. The Morgan fingerprint density at radius 2 is 1.80 bits per heavy atom. The molecule has 0 aromatic rings. The summed E-state index contributed by atoms with van der Waals surface area (Å²) in [6.07, 6.45) is 8.68. The number of likely N-dealkylation sites (tertiary alicyclic amines) is 1. The summed E-state index contributed by atoms with van der Waals surface area (Å²) in [6, 6.07) is 0.0874. The lowest BCUT2D eigenvalue weighted by Crippen LogP contribution is -2.61. The summed E-state index contributed by atoms with van der Waals surface area (Å²) in [6.45, 7) is 10.8. The number of imide groups is 1. The molecular weight excluding hydrogens is 442 g/mol. The highest BCUT2D eigenvalue weighted by atomic mass is 16.5. The van der Waals surface area contributed by atoms with Gasteiger partial charge in [-0.2, -0.15) is 0 Å². The molecule has 4 aliphatic rings. The van der Waals surface area contributed by atoms with E-state index in [-0.39, 0.29) is 28.7 Å². The summed E-state index contributed by atoms with van der Waals surface area (Å²) in [5, 5.41) is 2.86. The lowest BCUT2D eigenvalue weighted by Gasteiger charge is -2.61. The van der Waals surface area contributed by atoms with Gasteiger partial charge in [-0.3, -0.25) is 14.5 Å². The topological polar surface area (TPSA) is 79.0 Å². The quantitative estimate of drug-likeness (QED) is 0.536. The van der Waals surface area contributed by atoms with Crippen LogP contribution in [0.15, 0.2) is 0 Å². The third-order valence-electron chi connectivity index (χ3n) is 10.6. The molecule has 0 radical (unpaired) electrons. The van der Waals surface area contributed by atoms with Crippen LogP contribution >= 0.6 is 0 Å². The molecule has 7 nitrogen and oxygen atoms in total. The van der Waals surface area contributed by atoms with Crippen LogP contribution in [0.3, 0.4) is 0 Å². The van der Waals surface area contributed by atoms with Crippen molar-refractivity contribution in [3.05, 3.63) is 0 Å². The zero-order valence-corrected chi connectivity index (χ0v) is 22.6. The van der Waals surface area contributed by atoms with E-state index in [0.29, 0.717) is 68.8 Å². The molecule has 0 aromatic heterocycles. The first-order chi connectivity index (χ1) is 16.7. The number of hydrogen-bond acceptors (Lipinski definition) is 4. The first kappa shape index (κ1) is 26.4. The minimum atomic E-state index is -0.266. The van der Waals surface area contributed by atoms with Gasteiger partial charge in [0.25, 0.3) is 0 Å². The molecule has 4 fully saturated rings. The summed E-state index contributed by atoms with van der Waals surface area (Å²) < 4.78 is 5.47. The van der Waals surface area contributed by atoms with Gasteiger partial charge in [0.15, 0.2) is 0 Å². The standard InChI is InChI=1S/C28H47N3O4/c1-6-29-26(34)31(17-8-18-35-7-2)25(33)22-11-10-20-19-9-12-23-28(4,16-14-24(32)30(23)5)21(19)13-15-27(20,22)3/h19-23H,6-18H2,1-5H3,(H,29,34)/t19-,20-,21-,22+,23+,27-,28+/m0/s1. The van der Waals surface area contributed by atoms with Gasteiger partial charge in [0.05, 0.1) is 0 Å². The van der Waals surface area contributed by atoms with Crippen molar-refractivity contribution in [2.45, 2.75) is 91.5 Å². The van der Waals surface area contributed by atoms with Crippen LogP contribution in [0, 0.1) is 34.5 Å². The van der Waals surface area contributed by atoms with E-state index in [4.69, 9.17) is 4.74 Å². The summed E-state index contributed by atoms with van der Waals surface area (Å²) in [7, 11) is 2.00. The van der Waals surface area contributed by atoms with E-state index in [1.807, 2.05) is 25.8 Å². The van der Waals surface area contributed by atoms with Crippen molar-refractivity contribution in [2.24, 2.45) is 34.5 Å². The Hall–Kier alpha value is -1.63. The fraction of sp³-hybridized carbons (Fsp3) is 0.893. The Kier molecular flexibility index (Phi) is 7.85. The second-order valence-electron chi connectivity index (χ2n) is 12.0. The van der Waals surface area contributed by atoms with Gasteiger partial charge >= 0.3 is 6.03 Å². The smallest absolute Gasteiger partial charge is 0.324 e. The maximum absolute atomic E-state index is 13.9. The van der Waals surface area contributed by atoms with Crippen molar-refractivity contribution in [2.75, 3.05) is 33.4 Å². The predicted molar refractivity (Wildman–Crippen MR) is 136 cm³/mol. The predicted octanol–water partition coefficient (Wildman–Crippen LogP) is 4.45. The zero-order valence-electron chi connectivity index (χ0n) is 22.6. The highest BCUT2D eigenvalue weighted by Gasteiger charge is 2.62. The number of carbonyl (C=O) groups is 3. The summed E-state index contributed by atoms with van der Waals surface area (Å²) in [4.78, 5) is 42.7. The molecule has 1 saturated heterocycles. The normalized spacial score (nSPS) is 38.4. The van der Waals surface area contributed by atoms with Crippen LogP contribution in [0.5, 0.6) is 0 Å². The zero-order chi connectivity index (χ0) is 25.4. The van der Waals surface area contributed by atoms with Crippen molar-refractivity contribution in [1.82, 2.24) is 15.1 Å². The average molecular weight is 490 g/mol. The Bertz CT molecular complexity index is 818. The van der Waals surface area contributed by atoms with Crippen LogP contribution in [0.25, 0.3) is 0 Å². The Morgan fingerprint density at radius 3 is 2.51 bits per heavy atom. The largest absolute Gasteiger partial charge is 0.382 e. The molecule has 3 saturated carbocycles. The van der Waals surface area contributed by atoms with Crippen LogP contribution < -0.4 is 5.32 Å². The van der Waals surface area contributed by atoms with Gasteiger partial charge in [0.1, 0.15) is 0 Å². The van der Waals surface area contributed by atoms with Crippen LogP contribution in [-0.2, 0) is 14.3 Å². The van der Waals surface area contributed by atoms with Crippen molar-refractivity contribution >= 4 is 17.8 Å². The van der Waals surface area contributed by atoms with Gasteiger partial charge in [0, 0.05) is 51.7 Å². The highest BCUT2D eigenvalue weighted by Crippen LogP contribution is 2.66. The van der Waals surface area contributed by atoms with E-state index >= 15 is 0 Å². The number of urea groups is 1. The molecule has 3 aliphatic carbocycles. The van der Waals surface area contributed by atoms with E-state index in [2.05, 4.69) is 19.2 Å². The molecule has 0 bridgehead atoms. The van der Waals surface area contributed by atoms with Crippen molar-refractivity contribution in [3.8, 4) is 0 Å². The monoisotopic (exact) mass is 489 g/mol. The highest BCUT2D eigenvalue weighted by molar-refractivity contribution is 5.96. The Labute approximate surface area is 211 Å². The lowest BCUT2D eigenvalue weighted by molar-refractivity contribution is -0.160. The van der Waals surface area contributed by atoms with Crippen LogP contribution in [0.4, 0.5) is 4.79 Å². The van der Waals surface area contributed by atoms with E-state index in [1.165, 1.54) is 4.90 Å². The summed E-state index contributed by atoms with van der Waals surface area (Å²) in [5.74, 6) is 1.98. The maximum atomic E-state index is 13.9. The van der Waals surface area contributed by atoms with Crippen LogP contribution in [0.1, 0.15) is 85.5 Å². The molecule has 4 rings (SSSR count). The molecule has 7 atom stereocenters. The molecule has 198 valence electrons. The van der Waals surface area contributed by atoms with Gasteiger partial charge in [-0.05, 0) is 93.8 Å². The first-order valence-electron chi connectivity index (χ1n) is 14.1. The average Bonchev–Trinajstić information content (AvgIpc) is 3.19. The number of rotatable bonds is 7. The molecular formula is C28H47N3O4.